The maximum absolute atomic E-state index is 12.3. The summed E-state index contributed by atoms with van der Waals surface area (Å²) in [6.07, 6.45) is 2.78. The molecule has 7 nitrogen and oxygen atoms in total. The minimum Gasteiger partial charge on any atom is -0.493 e. The molecule has 1 aliphatic heterocycles. The molecule has 0 bridgehead atoms. The predicted octanol–water partition coefficient (Wildman–Crippen LogP) is 2.44. The van der Waals surface area contributed by atoms with Crippen LogP contribution in [0.2, 0.25) is 0 Å². The normalized spacial score (nSPS) is 15.8. The summed E-state index contributed by atoms with van der Waals surface area (Å²) in [6.45, 7) is 3.41. The number of carbonyl (C=O) groups is 1. The highest BCUT2D eigenvalue weighted by molar-refractivity contribution is 5.99. The van der Waals surface area contributed by atoms with Gasteiger partial charge in [0, 0.05) is 31.2 Å². The van der Waals surface area contributed by atoms with Crippen molar-refractivity contribution < 1.29 is 14.7 Å². The minimum atomic E-state index is 0.00167. The summed E-state index contributed by atoms with van der Waals surface area (Å²) in [6, 6.07) is 16.8. The number of hydrogen-bond acceptors (Lipinski definition) is 5. The van der Waals surface area contributed by atoms with Gasteiger partial charge < -0.3 is 25.9 Å². The Bertz CT molecular complexity index is 818. The third-order valence-corrected chi connectivity index (χ3v) is 5.11. The fourth-order valence-electron chi connectivity index (χ4n) is 3.49. The number of nitrogens with one attached hydrogen (secondary N) is 1. The highest BCUT2D eigenvalue weighted by Crippen LogP contribution is 2.18. The topological polar surface area (TPSA) is 100 Å². The maximum Gasteiger partial charge on any atom is 0.251 e. The lowest BCUT2D eigenvalue weighted by molar-refractivity contribution is 0.0909. The van der Waals surface area contributed by atoms with Gasteiger partial charge in [0.2, 0.25) is 0 Å². The average Bonchev–Trinajstić information content (AvgIpc) is 2.78. The number of nitrogens with two attached hydrogens (primary N) is 1. The van der Waals surface area contributed by atoms with Crippen molar-refractivity contribution in [2.24, 2.45) is 10.9 Å². The second-order valence-corrected chi connectivity index (χ2v) is 7.14. The molecule has 0 aromatic heterocycles. The quantitative estimate of drug-likeness (QED) is 0.209. The molecular formula is C22H28N4O3. The number of piperidine rings is 1. The number of carbonyl (C=O) groups excluding carboxylic acids is 1. The third-order valence-electron chi connectivity index (χ3n) is 5.11. The largest absolute Gasteiger partial charge is 0.493 e. The number of hydrogen-bond donors (Lipinski definition) is 3. The number of rotatable bonds is 8. The number of oxime groups is 1. The van der Waals surface area contributed by atoms with Gasteiger partial charge in [0.15, 0.2) is 5.84 Å². The van der Waals surface area contributed by atoms with Gasteiger partial charge in [-0.05, 0) is 43.5 Å². The van der Waals surface area contributed by atoms with Crippen molar-refractivity contribution in [2.75, 3.05) is 26.2 Å². The zero-order valence-corrected chi connectivity index (χ0v) is 16.5. The Morgan fingerprint density at radius 2 is 1.83 bits per heavy atom. The first-order chi connectivity index (χ1) is 14.2. The number of benzene rings is 2. The molecule has 0 aliphatic carbocycles. The smallest absolute Gasteiger partial charge is 0.251 e. The van der Waals surface area contributed by atoms with E-state index in [4.69, 9.17) is 15.7 Å². The minimum absolute atomic E-state index is 0.00167. The molecule has 3 rings (SSSR count). The Labute approximate surface area is 171 Å². The molecule has 0 spiro atoms. The van der Waals surface area contributed by atoms with E-state index in [1.165, 1.54) is 0 Å². The van der Waals surface area contributed by atoms with Gasteiger partial charge in [-0.3, -0.25) is 4.79 Å². The molecule has 1 fully saturated rings. The van der Waals surface area contributed by atoms with E-state index in [1.807, 2.05) is 48.5 Å². The third kappa shape index (κ3) is 5.96. The van der Waals surface area contributed by atoms with Crippen LogP contribution >= 0.6 is 0 Å². The van der Waals surface area contributed by atoms with Gasteiger partial charge in [0.1, 0.15) is 5.75 Å². The van der Waals surface area contributed by atoms with Crippen LogP contribution in [0.4, 0.5) is 0 Å². The fraction of sp³-hybridized carbons (Fsp3) is 0.364. The standard InChI is InChI=1S/C22H28N4O3/c23-21(25-28)19-9-4-5-10-20(19)29-16-6-13-26-14-11-18(12-15-26)24-22(27)17-7-2-1-3-8-17/h1-5,7-10,18,28H,6,11-16H2,(H2,23,25)(H,24,27). The zero-order valence-electron chi connectivity index (χ0n) is 16.5. The van der Waals surface area contributed by atoms with E-state index in [9.17, 15) is 4.79 Å². The maximum atomic E-state index is 12.3. The summed E-state index contributed by atoms with van der Waals surface area (Å²) in [5.41, 5.74) is 6.98. The van der Waals surface area contributed by atoms with E-state index >= 15 is 0 Å². The van der Waals surface area contributed by atoms with Crippen LogP contribution < -0.4 is 15.8 Å². The first kappa shape index (κ1) is 20.7. The molecular weight excluding hydrogens is 368 g/mol. The molecule has 4 N–H and O–H groups in total. The molecule has 154 valence electrons. The van der Waals surface area contributed by atoms with Crippen LogP contribution in [0.1, 0.15) is 35.2 Å². The lowest BCUT2D eigenvalue weighted by Crippen LogP contribution is -2.45. The zero-order chi connectivity index (χ0) is 20.5. The summed E-state index contributed by atoms with van der Waals surface area (Å²) in [5, 5.41) is 15.0. The molecule has 1 amide bonds. The van der Waals surface area contributed by atoms with E-state index in [2.05, 4.69) is 15.4 Å². The predicted molar refractivity (Wildman–Crippen MR) is 112 cm³/mol. The van der Waals surface area contributed by atoms with Gasteiger partial charge in [0.05, 0.1) is 12.2 Å². The van der Waals surface area contributed by atoms with Crippen LogP contribution in [0.3, 0.4) is 0 Å². The van der Waals surface area contributed by atoms with E-state index < -0.39 is 0 Å². The van der Waals surface area contributed by atoms with Crippen molar-refractivity contribution in [3.63, 3.8) is 0 Å². The molecule has 1 saturated heterocycles. The number of amides is 1. The molecule has 0 unspecified atom stereocenters. The number of para-hydroxylation sites is 1. The molecule has 29 heavy (non-hydrogen) atoms. The molecule has 0 radical (unpaired) electrons. The van der Waals surface area contributed by atoms with Gasteiger partial charge in [-0.2, -0.15) is 0 Å². The van der Waals surface area contributed by atoms with E-state index in [1.54, 1.807) is 6.07 Å². The van der Waals surface area contributed by atoms with Gasteiger partial charge >= 0.3 is 0 Å². The molecule has 1 aliphatic rings. The summed E-state index contributed by atoms with van der Waals surface area (Å²) < 4.78 is 5.82. The second kappa shape index (κ2) is 10.5. The summed E-state index contributed by atoms with van der Waals surface area (Å²) in [5.74, 6) is 0.659. The fourth-order valence-corrected chi connectivity index (χ4v) is 3.49. The number of nitrogens with zero attached hydrogens (tertiary/aromatic N) is 2. The van der Waals surface area contributed by atoms with Crippen molar-refractivity contribution in [2.45, 2.75) is 25.3 Å². The highest BCUT2D eigenvalue weighted by Gasteiger charge is 2.20. The van der Waals surface area contributed by atoms with Crippen molar-refractivity contribution in [1.82, 2.24) is 10.2 Å². The van der Waals surface area contributed by atoms with Crippen LogP contribution in [0.25, 0.3) is 0 Å². The van der Waals surface area contributed by atoms with Crippen LogP contribution in [0.15, 0.2) is 59.8 Å². The lowest BCUT2D eigenvalue weighted by atomic mass is 10.0. The number of ether oxygens (including phenoxy) is 1. The van der Waals surface area contributed by atoms with Crippen LogP contribution in [0.5, 0.6) is 5.75 Å². The first-order valence-electron chi connectivity index (χ1n) is 9.95. The van der Waals surface area contributed by atoms with Crippen molar-refractivity contribution in [1.29, 1.82) is 0 Å². The Hall–Kier alpha value is -3.06. The second-order valence-electron chi connectivity index (χ2n) is 7.14. The lowest BCUT2D eigenvalue weighted by Gasteiger charge is -2.32. The average molecular weight is 396 g/mol. The van der Waals surface area contributed by atoms with E-state index in [0.717, 1.165) is 38.9 Å². The van der Waals surface area contributed by atoms with Crippen LogP contribution in [0, 0.1) is 0 Å². The molecule has 0 atom stereocenters. The SMILES string of the molecule is NC(=NO)c1ccccc1OCCCN1CCC(NC(=O)c2ccccc2)CC1. The summed E-state index contributed by atoms with van der Waals surface area (Å²) >= 11 is 0. The van der Waals surface area contributed by atoms with Crippen LogP contribution in [-0.4, -0.2) is 54.1 Å². The molecule has 2 aromatic rings. The summed E-state index contributed by atoms with van der Waals surface area (Å²) in [4.78, 5) is 14.7. The Morgan fingerprint density at radius 3 is 2.55 bits per heavy atom. The van der Waals surface area contributed by atoms with Crippen molar-refractivity contribution >= 4 is 11.7 Å². The Kier molecular flexibility index (Phi) is 7.47. The number of amidine groups is 1. The first-order valence-corrected chi connectivity index (χ1v) is 9.95. The van der Waals surface area contributed by atoms with E-state index in [-0.39, 0.29) is 17.8 Å². The summed E-state index contributed by atoms with van der Waals surface area (Å²) in [7, 11) is 0. The van der Waals surface area contributed by atoms with Crippen molar-refractivity contribution in [3.05, 3.63) is 65.7 Å². The van der Waals surface area contributed by atoms with Gasteiger partial charge in [-0.1, -0.05) is 35.5 Å². The Morgan fingerprint density at radius 1 is 1.14 bits per heavy atom. The molecule has 7 heteroatoms. The highest BCUT2D eigenvalue weighted by atomic mass is 16.5. The number of likely N-dealkylation sites (tertiary alicyclic amines) is 1. The van der Waals surface area contributed by atoms with Gasteiger partial charge in [0.25, 0.3) is 5.91 Å². The molecule has 1 heterocycles. The van der Waals surface area contributed by atoms with Crippen molar-refractivity contribution in [3.8, 4) is 5.75 Å². The van der Waals surface area contributed by atoms with Gasteiger partial charge in [-0.15, -0.1) is 0 Å². The van der Waals surface area contributed by atoms with Gasteiger partial charge in [-0.25, -0.2) is 0 Å². The monoisotopic (exact) mass is 396 g/mol. The molecule has 2 aromatic carbocycles. The Balaban J connectivity index is 1.36. The molecule has 0 saturated carbocycles. The van der Waals surface area contributed by atoms with Crippen LogP contribution in [-0.2, 0) is 0 Å². The van der Waals surface area contributed by atoms with E-state index in [0.29, 0.717) is 23.5 Å².